The molecule has 0 fully saturated rings. The summed E-state index contributed by atoms with van der Waals surface area (Å²) in [6, 6.07) is 20.5. The molecular weight excluding hydrogens is 364 g/mol. The number of carbonyl (C=O) groups is 2. The van der Waals surface area contributed by atoms with E-state index in [1.54, 1.807) is 25.1 Å². The first-order valence-electron chi connectivity index (χ1n) is 9.40. The van der Waals surface area contributed by atoms with Gasteiger partial charge < -0.3 is 9.47 Å². The van der Waals surface area contributed by atoms with Crippen LogP contribution < -0.4 is 9.47 Å². The van der Waals surface area contributed by atoms with Gasteiger partial charge in [-0.2, -0.15) is 0 Å². The molecule has 1 aliphatic rings. The third-order valence-electron chi connectivity index (χ3n) is 4.83. The van der Waals surface area contributed by atoms with Crippen molar-refractivity contribution in [2.45, 2.75) is 20.3 Å². The molecule has 0 aromatic heterocycles. The van der Waals surface area contributed by atoms with E-state index in [2.05, 4.69) is 0 Å². The topological polar surface area (TPSA) is 52.6 Å². The van der Waals surface area contributed by atoms with Gasteiger partial charge in [-0.25, -0.2) is 0 Å². The summed E-state index contributed by atoms with van der Waals surface area (Å²) < 4.78 is 11.4. The number of Topliss-reactive ketones (excluding diaryl/α,β-unsaturated/α-hetero) is 1. The summed E-state index contributed by atoms with van der Waals surface area (Å²) in [6.45, 7) is 3.79. The van der Waals surface area contributed by atoms with Crippen molar-refractivity contribution in [3.63, 3.8) is 0 Å². The van der Waals surface area contributed by atoms with Crippen molar-refractivity contribution < 1.29 is 19.1 Å². The third kappa shape index (κ3) is 3.97. The standard InChI is InChI=1S/C25H20O4/c1-16-8-10-19(11-9-16)14-22-24(27)20-12-13-21(17(2)25(20)29-22)28-23(26)15-18-6-4-3-5-7-18/h3-14H,15H2,1-2H3/b22-14-. The third-order valence-corrected chi connectivity index (χ3v) is 4.83. The number of ketones is 1. The molecule has 1 heterocycles. The molecule has 0 saturated carbocycles. The van der Waals surface area contributed by atoms with Crippen LogP contribution >= 0.6 is 0 Å². The van der Waals surface area contributed by atoms with E-state index in [4.69, 9.17) is 9.47 Å². The lowest BCUT2D eigenvalue weighted by Crippen LogP contribution is -2.12. The molecule has 1 aliphatic heterocycles. The van der Waals surface area contributed by atoms with E-state index >= 15 is 0 Å². The zero-order chi connectivity index (χ0) is 20.4. The first kappa shape index (κ1) is 18.7. The SMILES string of the molecule is Cc1ccc(/C=C2\Oc3c(ccc(OC(=O)Cc4ccccc4)c3C)C2=O)cc1. The predicted octanol–water partition coefficient (Wildman–Crippen LogP) is 5.07. The molecule has 0 radical (unpaired) electrons. The lowest BCUT2D eigenvalue weighted by Gasteiger charge is -2.10. The van der Waals surface area contributed by atoms with E-state index in [0.29, 0.717) is 22.6 Å². The minimum absolute atomic E-state index is 0.175. The van der Waals surface area contributed by atoms with Gasteiger partial charge in [0, 0.05) is 5.56 Å². The summed E-state index contributed by atoms with van der Waals surface area (Å²) >= 11 is 0. The van der Waals surface area contributed by atoms with Crippen molar-refractivity contribution in [2.24, 2.45) is 0 Å². The van der Waals surface area contributed by atoms with Crippen LogP contribution in [0.25, 0.3) is 6.08 Å². The smallest absolute Gasteiger partial charge is 0.315 e. The van der Waals surface area contributed by atoms with Gasteiger partial charge in [-0.1, -0.05) is 60.2 Å². The zero-order valence-corrected chi connectivity index (χ0v) is 16.3. The van der Waals surface area contributed by atoms with Crippen LogP contribution in [0, 0.1) is 13.8 Å². The number of allylic oxidation sites excluding steroid dienone is 1. The molecule has 4 heteroatoms. The maximum absolute atomic E-state index is 12.7. The minimum Gasteiger partial charge on any atom is -0.452 e. The minimum atomic E-state index is -0.362. The Balaban J connectivity index is 1.55. The lowest BCUT2D eigenvalue weighted by atomic mass is 10.1. The van der Waals surface area contributed by atoms with E-state index in [-0.39, 0.29) is 23.9 Å². The molecule has 0 bridgehead atoms. The van der Waals surface area contributed by atoms with Gasteiger partial charge in [-0.15, -0.1) is 0 Å². The van der Waals surface area contributed by atoms with E-state index < -0.39 is 0 Å². The Bertz CT molecular complexity index is 1110. The maximum Gasteiger partial charge on any atom is 0.315 e. The first-order chi connectivity index (χ1) is 14.0. The Hall–Kier alpha value is -3.66. The van der Waals surface area contributed by atoms with Crippen LogP contribution in [0.4, 0.5) is 0 Å². The summed E-state index contributed by atoms with van der Waals surface area (Å²) in [4.78, 5) is 25.0. The second kappa shape index (κ2) is 7.76. The largest absolute Gasteiger partial charge is 0.452 e. The summed E-state index contributed by atoms with van der Waals surface area (Å²) in [5.74, 6) is 0.567. The van der Waals surface area contributed by atoms with Crippen LogP contribution in [-0.4, -0.2) is 11.8 Å². The van der Waals surface area contributed by atoms with E-state index in [1.807, 2.05) is 61.5 Å². The van der Waals surface area contributed by atoms with Gasteiger partial charge in [0.2, 0.25) is 5.78 Å². The maximum atomic E-state index is 12.7. The van der Waals surface area contributed by atoms with E-state index in [1.165, 1.54) is 0 Å². The highest BCUT2D eigenvalue weighted by Gasteiger charge is 2.30. The van der Waals surface area contributed by atoms with Crippen molar-refractivity contribution in [2.75, 3.05) is 0 Å². The van der Waals surface area contributed by atoms with E-state index in [0.717, 1.165) is 16.7 Å². The average Bonchev–Trinajstić information content (AvgIpc) is 3.03. The molecule has 3 aromatic rings. The van der Waals surface area contributed by atoms with Crippen LogP contribution in [0.5, 0.6) is 11.5 Å². The van der Waals surface area contributed by atoms with Gasteiger partial charge in [-0.3, -0.25) is 9.59 Å². The molecule has 3 aromatic carbocycles. The number of aryl methyl sites for hydroxylation is 1. The molecule has 4 nitrogen and oxygen atoms in total. The predicted molar refractivity (Wildman–Crippen MR) is 111 cm³/mol. The number of ether oxygens (including phenoxy) is 2. The number of fused-ring (bicyclic) bond motifs is 1. The molecule has 0 spiro atoms. The van der Waals surface area contributed by atoms with E-state index in [9.17, 15) is 9.59 Å². The van der Waals surface area contributed by atoms with Crippen LogP contribution in [0.2, 0.25) is 0 Å². The zero-order valence-electron chi connectivity index (χ0n) is 16.3. The lowest BCUT2D eigenvalue weighted by molar-refractivity contribution is -0.133. The molecule has 4 rings (SSSR count). The van der Waals surface area contributed by atoms with Gasteiger partial charge in [0.25, 0.3) is 0 Å². The second-order valence-corrected chi connectivity index (χ2v) is 7.05. The number of hydrogen-bond acceptors (Lipinski definition) is 4. The van der Waals surface area contributed by atoms with Crippen molar-refractivity contribution >= 4 is 17.8 Å². The van der Waals surface area contributed by atoms with Crippen LogP contribution in [0.15, 0.2) is 72.5 Å². The highest BCUT2D eigenvalue weighted by Crippen LogP contribution is 2.39. The molecule has 0 saturated heterocycles. The first-order valence-corrected chi connectivity index (χ1v) is 9.40. The van der Waals surface area contributed by atoms with Gasteiger partial charge in [0.15, 0.2) is 5.76 Å². The van der Waals surface area contributed by atoms with Crippen molar-refractivity contribution in [1.29, 1.82) is 0 Å². The fourth-order valence-corrected chi connectivity index (χ4v) is 3.21. The quantitative estimate of drug-likeness (QED) is 0.358. The Morgan fingerprint density at radius 2 is 1.69 bits per heavy atom. The summed E-state index contributed by atoms with van der Waals surface area (Å²) in [5.41, 5.74) is 4.02. The second-order valence-electron chi connectivity index (χ2n) is 7.05. The number of carbonyl (C=O) groups excluding carboxylic acids is 2. The van der Waals surface area contributed by atoms with Gasteiger partial charge in [-0.05, 0) is 43.2 Å². The van der Waals surface area contributed by atoms with Gasteiger partial charge in [0.1, 0.15) is 11.5 Å². The average molecular weight is 384 g/mol. The van der Waals surface area contributed by atoms with Gasteiger partial charge in [0.05, 0.1) is 12.0 Å². The fraction of sp³-hybridized carbons (Fsp3) is 0.120. The highest BCUT2D eigenvalue weighted by molar-refractivity contribution is 6.15. The number of esters is 1. The molecule has 0 aliphatic carbocycles. The molecule has 29 heavy (non-hydrogen) atoms. The van der Waals surface area contributed by atoms with Gasteiger partial charge >= 0.3 is 5.97 Å². The highest BCUT2D eigenvalue weighted by atomic mass is 16.5. The Kier molecular flexibility index (Phi) is 5.00. The molecule has 144 valence electrons. The molecule has 0 unspecified atom stereocenters. The molecular formula is C25H20O4. The number of benzene rings is 3. The number of rotatable bonds is 4. The van der Waals surface area contributed by atoms with Crippen molar-refractivity contribution in [3.05, 3.63) is 100 Å². The van der Waals surface area contributed by atoms with Crippen LogP contribution in [0.3, 0.4) is 0 Å². The Morgan fingerprint density at radius 3 is 2.41 bits per heavy atom. The molecule has 0 atom stereocenters. The van der Waals surface area contributed by atoms with Crippen LogP contribution in [0.1, 0.15) is 32.6 Å². The van der Waals surface area contributed by atoms with Crippen molar-refractivity contribution in [3.8, 4) is 11.5 Å². The Morgan fingerprint density at radius 1 is 0.966 bits per heavy atom. The molecule has 0 amide bonds. The normalized spacial score (nSPS) is 13.9. The van der Waals surface area contributed by atoms with Crippen molar-refractivity contribution in [1.82, 2.24) is 0 Å². The summed E-state index contributed by atoms with van der Waals surface area (Å²) in [5, 5.41) is 0. The fourth-order valence-electron chi connectivity index (χ4n) is 3.21. The van der Waals surface area contributed by atoms with Crippen LogP contribution in [-0.2, 0) is 11.2 Å². The molecule has 0 N–H and O–H groups in total. The number of hydrogen-bond donors (Lipinski definition) is 0. The summed E-state index contributed by atoms with van der Waals surface area (Å²) in [7, 11) is 0. The summed E-state index contributed by atoms with van der Waals surface area (Å²) in [6.07, 6.45) is 1.90. The Labute approximate surface area is 169 Å². The monoisotopic (exact) mass is 384 g/mol.